The molecule has 1 amide bonds. The van der Waals surface area contributed by atoms with E-state index < -0.39 is 0 Å². The predicted molar refractivity (Wildman–Crippen MR) is 109 cm³/mol. The Kier molecular flexibility index (Phi) is 4.75. The topological polar surface area (TPSA) is 48.6 Å². The molecule has 0 aliphatic carbocycles. The van der Waals surface area contributed by atoms with Gasteiger partial charge in [-0.25, -0.2) is 0 Å². The Morgan fingerprint density at radius 2 is 1.85 bits per heavy atom. The molecule has 5 heteroatoms. The van der Waals surface area contributed by atoms with Gasteiger partial charge in [-0.2, -0.15) is 0 Å². The van der Waals surface area contributed by atoms with Crippen LogP contribution in [0.2, 0.25) is 0 Å². The second-order valence-electron chi connectivity index (χ2n) is 7.02. The number of anilines is 1. The number of H-pyrrole nitrogens is 1. The van der Waals surface area contributed by atoms with Crippen LogP contribution in [0.1, 0.15) is 11.3 Å². The number of nitrogens with one attached hydrogen (secondary N) is 1. The Bertz CT molecular complexity index is 955. The first-order valence-corrected chi connectivity index (χ1v) is 9.38. The van der Waals surface area contributed by atoms with Gasteiger partial charge in [0.15, 0.2) is 0 Å². The molecule has 1 aliphatic rings. The van der Waals surface area contributed by atoms with Gasteiger partial charge in [-0.15, -0.1) is 0 Å². The van der Waals surface area contributed by atoms with Crippen LogP contribution < -0.4 is 9.64 Å². The number of nitrogens with zero attached hydrogens (tertiary/aromatic N) is 2. The lowest BCUT2D eigenvalue weighted by Crippen LogP contribution is -2.49. The van der Waals surface area contributed by atoms with Crippen molar-refractivity contribution in [3.63, 3.8) is 0 Å². The highest BCUT2D eigenvalue weighted by Gasteiger charge is 2.23. The summed E-state index contributed by atoms with van der Waals surface area (Å²) >= 11 is 0. The third-order valence-corrected chi connectivity index (χ3v) is 5.41. The lowest BCUT2D eigenvalue weighted by molar-refractivity contribution is -0.130. The van der Waals surface area contributed by atoms with E-state index in [2.05, 4.69) is 28.1 Å². The van der Waals surface area contributed by atoms with Gasteiger partial charge in [0.2, 0.25) is 5.91 Å². The van der Waals surface area contributed by atoms with Crippen LogP contribution in [0, 0.1) is 6.92 Å². The van der Waals surface area contributed by atoms with Crippen LogP contribution in [0.3, 0.4) is 0 Å². The van der Waals surface area contributed by atoms with Gasteiger partial charge in [0.05, 0.1) is 13.5 Å². The molecule has 1 fully saturated rings. The predicted octanol–water partition coefficient (Wildman–Crippen LogP) is 3.38. The summed E-state index contributed by atoms with van der Waals surface area (Å²) in [4.78, 5) is 20.6. The number of amides is 1. The van der Waals surface area contributed by atoms with Gasteiger partial charge in [0, 0.05) is 54.5 Å². The number of carbonyl (C=O) groups is 1. The molecule has 3 aromatic rings. The minimum atomic E-state index is 0.202. The van der Waals surface area contributed by atoms with Crippen molar-refractivity contribution >= 4 is 22.5 Å². The molecule has 0 radical (unpaired) electrons. The van der Waals surface area contributed by atoms with Gasteiger partial charge in [0.25, 0.3) is 0 Å². The summed E-state index contributed by atoms with van der Waals surface area (Å²) in [5, 5.41) is 1.15. The van der Waals surface area contributed by atoms with E-state index in [1.807, 2.05) is 42.2 Å². The number of fused-ring (bicyclic) bond motifs is 1. The molecule has 0 bridgehead atoms. The Hall–Kier alpha value is -2.95. The van der Waals surface area contributed by atoms with Crippen molar-refractivity contribution in [2.24, 2.45) is 0 Å². The molecule has 4 rings (SSSR count). The fourth-order valence-electron chi connectivity index (χ4n) is 3.85. The number of benzene rings is 2. The van der Waals surface area contributed by atoms with Gasteiger partial charge >= 0.3 is 0 Å². The largest absolute Gasteiger partial charge is 0.497 e. The lowest BCUT2D eigenvalue weighted by Gasteiger charge is -2.36. The van der Waals surface area contributed by atoms with Gasteiger partial charge in [-0.05, 0) is 30.7 Å². The van der Waals surface area contributed by atoms with Crippen molar-refractivity contribution < 1.29 is 9.53 Å². The maximum absolute atomic E-state index is 12.9. The van der Waals surface area contributed by atoms with Crippen molar-refractivity contribution in [2.45, 2.75) is 13.3 Å². The monoisotopic (exact) mass is 363 g/mol. The lowest BCUT2D eigenvalue weighted by atomic mass is 10.1. The molecule has 0 unspecified atom stereocenters. The molecule has 1 saturated heterocycles. The molecular formula is C22H25N3O2. The number of ether oxygens (including phenoxy) is 1. The quantitative estimate of drug-likeness (QED) is 0.773. The van der Waals surface area contributed by atoms with Crippen LogP contribution in [0.4, 0.5) is 5.69 Å². The molecule has 140 valence electrons. The van der Waals surface area contributed by atoms with Crippen LogP contribution in [0.15, 0.2) is 48.5 Å². The molecule has 1 aliphatic heterocycles. The highest BCUT2D eigenvalue weighted by Crippen LogP contribution is 2.24. The van der Waals surface area contributed by atoms with Crippen molar-refractivity contribution in [1.29, 1.82) is 0 Å². The number of aromatic amines is 1. The first kappa shape index (κ1) is 17.5. The molecule has 0 atom stereocenters. The van der Waals surface area contributed by atoms with Crippen molar-refractivity contribution in [3.8, 4) is 5.75 Å². The van der Waals surface area contributed by atoms with Gasteiger partial charge in [-0.3, -0.25) is 4.79 Å². The Morgan fingerprint density at radius 3 is 2.63 bits per heavy atom. The first-order valence-electron chi connectivity index (χ1n) is 9.38. The third-order valence-electron chi connectivity index (χ3n) is 5.41. The number of rotatable bonds is 4. The van der Waals surface area contributed by atoms with E-state index in [-0.39, 0.29) is 5.91 Å². The Labute approximate surface area is 159 Å². The standard InChI is InChI=1S/C22H25N3O2/c1-16-20(19-8-3-4-9-21(19)23-16)15-22(26)25-12-10-24(11-13-25)17-6-5-7-18(14-17)27-2/h3-9,14,23H,10-13,15H2,1-2H3. The normalized spacial score (nSPS) is 14.6. The highest BCUT2D eigenvalue weighted by atomic mass is 16.5. The van der Waals surface area contributed by atoms with E-state index in [9.17, 15) is 4.79 Å². The van der Waals surface area contributed by atoms with E-state index in [0.717, 1.165) is 59.8 Å². The van der Waals surface area contributed by atoms with Crippen molar-refractivity contribution in [3.05, 3.63) is 59.8 Å². The summed E-state index contributed by atoms with van der Waals surface area (Å²) in [5.74, 6) is 1.06. The summed E-state index contributed by atoms with van der Waals surface area (Å²) in [7, 11) is 1.68. The summed E-state index contributed by atoms with van der Waals surface area (Å²) < 4.78 is 5.32. The first-order chi connectivity index (χ1) is 13.2. The summed E-state index contributed by atoms with van der Waals surface area (Å²) in [5.41, 5.74) is 4.44. The number of hydrogen-bond acceptors (Lipinski definition) is 3. The van der Waals surface area contributed by atoms with Crippen molar-refractivity contribution in [1.82, 2.24) is 9.88 Å². The minimum Gasteiger partial charge on any atom is -0.497 e. The zero-order chi connectivity index (χ0) is 18.8. The molecule has 27 heavy (non-hydrogen) atoms. The SMILES string of the molecule is COc1cccc(N2CCN(C(=O)Cc3c(C)[nH]c4ccccc34)CC2)c1. The molecular weight excluding hydrogens is 338 g/mol. The molecule has 1 N–H and O–H groups in total. The maximum Gasteiger partial charge on any atom is 0.227 e. The average molecular weight is 363 g/mol. The van der Waals surface area contributed by atoms with E-state index >= 15 is 0 Å². The average Bonchev–Trinajstić information content (AvgIpc) is 3.03. The molecule has 2 aromatic carbocycles. The van der Waals surface area contributed by atoms with Crippen LogP contribution in [-0.4, -0.2) is 49.1 Å². The fourth-order valence-corrected chi connectivity index (χ4v) is 3.85. The molecule has 2 heterocycles. The number of piperazine rings is 1. The summed E-state index contributed by atoms with van der Waals surface area (Å²) in [6.45, 7) is 5.22. The van der Waals surface area contributed by atoms with Crippen LogP contribution >= 0.6 is 0 Å². The second-order valence-corrected chi connectivity index (χ2v) is 7.02. The van der Waals surface area contributed by atoms with E-state index in [0.29, 0.717) is 6.42 Å². The van der Waals surface area contributed by atoms with Gasteiger partial charge < -0.3 is 19.5 Å². The molecule has 5 nitrogen and oxygen atoms in total. The number of para-hydroxylation sites is 1. The number of aromatic nitrogens is 1. The maximum atomic E-state index is 12.9. The third kappa shape index (κ3) is 3.50. The highest BCUT2D eigenvalue weighted by molar-refractivity contribution is 5.90. The zero-order valence-corrected chi connectivity index (χ0v) is 15.9. The fraction of sp³-hybridized carbons (Fsp3) is 0.318. The summed E-state index contributed by atoms with van der Waals surface area (Å²) in [6.07, 6.45) is 0.453. The molecule has 1 aromatic heterocycles. The number of carbonyl (C=O) groups excluding carboxylic acids is 1. The van der Waals surface area contributed by atoms with Crippen LogP contribution in [-0.2, 0) is 11.2 Å². The smallest absolute Gasteiger partial charge is 0.227 e. The molecule has 0 saturated carbocycles. The Morgan fingerprint density at radius 1 is 1.07 bits per heavy atom. The number of methoxy groups -OCH3 is 1. The van der Waals surface area contributed by atoms with Gasteiger partial charge in [-0.1, -0.05) is 24.3 Å². The van der Waals surface area contributed by atoms with Crippen LogP contribution in [0.5, 0.6) is 5.75 Å². The van der Waals surface area contributed by atoms with E-state index in [4.69, 9.17) is 4.74 Å². The van der Waals surface area contributed by atoms with Gasteiger partial charge in [0.1, 0.15) is 5.75 Å². The summed E-state index contributed by atoms with van der Waals surface area (Å²) in [6, 6.07) is 16.3. The van der Waals surface area contributed by atoms with Crippen LogP contribution in [0.25, 0.3) is 10.9 Å². The number of hydrogen-bond donors (Lipinski definition) is 1. The second kappa shape index (κ2) is 7.35. The number of aryl methyl sites for hydroxylation is 1. The Balaban J connectivity index is 1.42. The minimum absolute atomic E-state index is 0.202. The van der Waals surface area contributed by atoms with E-state index in [1.165, 1.54) is 0 Å². The molecule has 0 spiro atoms. The van der Waals surface area contributed by atoms with Crippen molar-refractivity contribution in [2.75, 3.05) is 38.2 Å². The zero-order valence-electron chi connectivity index (χ0n) is 15.9. The van der Waals surface area contributed by atoms with E-state index in [1.54, 1.807) is 7.11 Å².